The second-order valence-corrected chi connectivity index (χ2v) is 24.2. The van der Waals surface area contributed by atoms with E-state index in [0.717, 1.165) is 4.90 Å². The third-order valence-electron chi connectivity index (χ3n) is 14.8. The number of benzene rings is 1. The van der Waals surface area contributed by atoms with Crippen molar-refractivity contribution in [2.75, 3.05) is 63.1 Å². The van der Waals surface area contributed by atoms with E-state index in [0.29, 0.717) is 18.4 Å². The first kappa shape index (κ1) is 85.2. The van der Waals surface area contributed by atoms with Crippen molar-refractivity contribution in [2.24, 2.45) is 56.0 Å². The number of rotatable bonds is 46. The molecule has 1 aromatic carbocycles. The van der Waals surface area contributed by atoms with Crippen LogP contribution < -0.4 is 98.6 Å². The first-order valence-electron chi connectivity index (χ1n) is 31.6. The summed E-state index contributed by atoms with van der Waals surface area (Å²) in [5, 5.41) is 47.0. The highest BCUT2D eigenvalue weighted by Gasteiger charge is 2.38. The molecule has 37 nitrogen and oxygen atoms in total. The Labute approximate surface area is 583 Å². The summed E-state index contributed by atoms with van der Waals surface area (Å²) in [7, 11) is 0. The molecule has 0 saturated carbocycles. The highest BCUT2D eigenvalue weighted by Crippen LogP contribution is 2.19. The van der Waals surface area contributed by atoms with Crippen molar-refractivity contribution < 1.29 is 77.3 Å². The van der Waals surface area contributed by atoms with Gasteiger partial charge >= 0.3 is 5.97 Å². The molecule has 13 amide bonds. The number of thiol groups is 3. The number of nitrogens with two attached hydrogens (primary N) is 7. The standard InChI is InChI=1S/C58H97N21O16S3/c1-30(2)22-37(51(89)78-39(27-96)52(90)73-36(56(94)95)10-6-20-67-58(64)65)74-53(91)40(28-97)77-50(88)35(16-17-43(61)81)72-55(93)42-11-7-21-79(42)46(84)26-69-48(86)38(23-31-12-14-32(80)15-13-31)75-54(92)41(29-98)76-49(87)34(8-3-4-18-59)71-45(83)25-68-47(85)33(70-44(82)24-60)9-5-19-66-57(62)63/h12-15,30,33-42,80,96-98H,3-11,16-29,59-60H2,1-2H3,(H2,61,81)(H,68,85)(H,69,86)(H,70,82)(H,71,83)(H,72,93)(H,73,90)(H,74,91)(H,75,92)(H,76,87)(H,77,88)(H,78,89)(H,94,95)(H4,62,63,66)(H4,64,65,67)/t33-,34-,35-,36-,37-,38-,39-,40-,41-,42-/m0/s1. The molecular formula is C58H97N21O16S3. The molecule has 98 heavy (non-hydrogen) atoms. The number of primary amides is 1. The van der Waals surface area contributed by atoms with E-state index in [1.54, 1.807) is 13.8 Å². The minimum Gasteiger partial charge on any atom is -0.508 e. The molecule has 1 aliphatic rings. The van der Waals surface area contributed by atoms with Gasteiger partial charge in [0.05, 0.1) is 19.6 Å². The van der Waals surface area contributed by atoms with Crippen molar-refractivity contribution in [2.45, 2.75) is 158 Å². The Hall–Kier alpha value is -8.89. The number of hydrogen-bond donors (Lipinski definition) is 23. The van der Waals surface area contributed by atoms with Crippen molar-refractivity contribution >= 4 is 133 Å². The number of phenols is 1. The Morgan fingerprint density at radius 3 is 1.46 bits per heavy atom. The lowest BCUT2D eigenvalue weighted by Crippen LogP contribution is -2.60. The maximum atomic E-state index is 14.1. The molecule has 0 unspecified atom stereocenters. The van der Waals surface area contributed by atoms with Crippen LogP contribution in [0.3, 0.4) is 0 Å². The number of carbonyl (C=O) groups excluding carboxylic acids is 13. The number of nitrogens with one attached hydrogen (secondary N) is 11. The van der Waals surface area contributed by atoms with Crippen molar-refractivity contribution in [3.63, 3.8) is 0 Å². The quantitative estimate of drug-likeness (QED) is 0.0125. The molecule has 1 aliphatic heterocycles. The Morgan fingerprint density at radius 1 is 0.531 bits per heavy atom. The number of hydrogen-bond acceptors (Lipinski definition) is 22. The highest BCUT2D eigenvalue weighted by atomic mass is 32.1. The molecule has 1 fully saturated rings. The molecule has 0 spiro atoms. The van der Waals surface area contributed by atoms with E-state index in [9.17, 15) is 77.3 Å². The summed E-state index contributed by atoms with van der Waals surface area (Å²) in [4.78, 5) is 196. The molecule has 0 aliphatic carbocycles. The smallest absolute Gasteiger partial charge is 0.326 e. The summed E-state index contributed by atoms with van der Waals surface area (Å²) in [5.74, 6) is -14.2. The maximum absolute atomic E-state index is 14.1. The van der Waals surface area contributed by atoms with Gasteiger partial charge in [0.1, 0.15) is 66.2 Å². The van der Waals surface area contributed by atoms with Crippen LogP contribution in [0, 0.1) is 5.92 Å². The summed E-state index contributed by atoms with van der Waals surface area (Å²) < 4.78 is 0. The number of aliphatic imine (C=N–C) groups is 2. The predicted octanol–water partition coefficient (Wildman–Crippen LogP) is -8.10. The van der Waals surface area contributed by atoms with Crippen LogP contribution in [0.25, 0.3) is 0 Å². The summed E-state index contributed by atoms with van der Waals surface area (Å²) in [6.07, 6.45) is 0.527. The first-order valence-corrected chi connectivity index (χ1v) is 33.5. The summed E-state index contributed by atoms with van der Waals surface area (Å²) >= 11 is 12.7. The van der Waals surface area contributed by atoms with Gasteiger partial charge in [-0.1, -0.05) is 26.0 Å². The summed E-state index contributed by atoms with van der Waals surface area (Å²) in [5.41, 5.74) is 38.3. The van der Waals surface area contributed by atoms with Crippen LogP contribution in [0.15, 0.2) is 34.3 Å². The normalized spacial score (nSPS) is 15.2. The van der Waals surface area contributed by atoms with Crippen molar-refractivity contribution in [1.29, 1.82) is 0 Å². The lowest BCUT2D eigenvalue weighted by atomic mass is 10.0. The Kier molecular flexibility index (Phi) is 39.6. The number of carbonyl (C=O) groups is 14. The van der Waals surface area contributed by atoms with Gasteiger partial charge in [-0.2, -0.15) is 37.9 Å². The van der Waals surface area contributed by atoms with Crippen molar-refractivity contribution in [1.82, 2.24) is 63.4 Å². The van der Waals surface area contributed by atoms with Crippen LogP contribution in [0.5, 0.6) is 5.75 Å². The number of aliphatic carboxylic acids is 1. The van der Waals surface area contributed by atoms with Gasteiger partial charge in [-0.15, -0.1) is 0 Å². The zero-order valence-corrected chi connectivity index (χ0v) is 57.4. The van der Waals surface area contributed by atoms with Crippen LogP contribution >= 0.6 is 37.9 Å². The predicted molar refractivity (Wildman–Crippen MR) is 369 cm³/mol. The third-order valence-corrected chi connectivity index (χ3v) is 15.9. The largest absolute Gasteiger partial charge is 0.508 e. The monoisotopic (exact) mass is 1440 g/mol. The van der Waals surface area contributed by atoms with Crippen LogP contribution in [-0.2, 0) is 73.5 Å². The van der Waals surface area contributed by atoms with Gasteiger partial charge in [-0.25, -0.2) is 4.79 Å². The zero-order chi connectivity index (χ0) is 73.6. The molecule has 40 heteroatoms. The van der Waals surface area contributed by atoms with E-state index >= 15 is 0 Å². The summed E-state index contributed by atoms with van der Waals surface area (Å²) in [6, 6.07) is -8.13. The molecule has 10 atom stereocenters. The lowest BCUT2D eigenvalue weighted by Gasteiger charge is -2.28. The number of phenolic OH excluding ortho intramolecular Hbond substituents is 1. The van der Waals surface area contributed by atoms with Gasteiger partial charge in [0.25, 0.3) is 0 Å². The van der Waals surface area contributed by atoms with E-state index in [1.165, 1.54) is 24.3 Å². The SMILES string of the molecule is CC(C)C[C@H](NC(=O)[C@H](CS)NC(=O)[C@H](CCC(N)=O)NC(=O)[C@@H]1CCCN1C(=O)CNC(=O)[C@H](Cc1ccc(O)cc1)NC(=O)[C@H](CS)NC(=O)[C@H](CCCCN)NC(=O)CNC(=O)[C@H](CCCN=C(N)N)NC(=O)CN)C(=O)N[C@@H](CS)C(=O)N[C@@H](CCCN=C(N)N)C(=O)O. The second kappa shape index (κ2) is 45.6. The van der Waals surface area contributed by atoms with Gasteiger partial charge in [0.15, 0.2) is 11.9 Å². The highest BCUT2D eigenvalue weighted by molar-refractivity contribution is 7.80. The van der Waals surface area contributed by atoms with Crippen molar-refractivity contribution in [3.8, 4) is 5.75 Å². The van der Waals surface area contributed by atoms with E-state index in [-0.39, 0.29) is 131 Å². The number of carboxylic acids is 1. The average molecular weight is 1440 g/mol. The van der Waals surface area contributed by atoms with Crippen LogP contribution in [0.4, 0.5) is 0 Å². The van der Waals surface area contributed by atoms with Gasteiger partial charge in [0, 0.05) is 49.7 Å². The molecule has 0 aromatic heterocycles. The Balaban J connectivity index is 2.27. The van der Waals surface area contributed by atoms with Crippen LogP contribution in [0.2, 0.25) is 0 Å². The minimum atomic E-state index is -1.55. The molecule has 27 N–H and O–H groups in total. The van der Waals surface area contributed by atoms with Gasteiger partial charge < -0.3 is 114 Å². The average Bonchev–Trinajstić information content (AvgIpc) is 1.58. The van der Waals surface area contributed by atoms with E-state index in [1.807, 2.05) is 0 Å². The lowest BCUT2D eigenvalue weighted by molar-refractivity contribution is -0.142. The van der Waals surface area contributed by atoms with Crippen molar-refractivity contribution in [3.05, 3.63) is 29.8 Å². The topological polar surface area (TPSA) is 622 Å². The molecule has 1 aromatic rings. The number of aromatic hydroxyl groups is 1. The molecule has 2 rings (SSSR count). The number of likely N-dealkylation sites (tertiary alicyclic amines) is 1. The van der Waals surface area contributed by atoms with E-state index in [2.05, 4.69) is 106 Å². The summed E-state index contributed by atoms with van der Waals surface area (Å²) in [6.45, 7) is 2.12. The Bertz CT molecular complexity index is 2940. The molecule has 0 radical (unpaired) electrons. The van der Waals surface area contributed by atoms with Gasteiger partial charge in [-0.3, -0.25) is 72.3 Å². The number of unbranched alkanes of at least 4 members (excludes halogenated alkanes) is 1. The van der Waals surface area contributed by atoms with Gasteiger partial charge in [-0.05, 0) is 101 Å². The van der Waals surface area contributed by atoms with Crippen LogP contribution in [-0.4, -0.2) is 233 Å². The zero-order valence-electron chi connectivity index (χ0n) is 54.8. The van der Waals surface area contributed by atoms with Crippen LogP contribution in [0.1, 0.15) is 96.5 Å². The number of carboxylic acid groups (broad SMARTS) is 1. The number of nitrogens with zero attached hydrogens (tertiary/aromatic N) is 3. The fraction of sp³-hybridized carbons (Fsp3) is 0.621. The fourth-order valence-electron chi connectivity index (χ4n) is 9.63. The molecular weight excluding hydrogens is 1340 g/mol. The van der Waals surface area contributed by atoms with E-state index < -0.39 is 169 Å². The number of amides is 13. The second-order valence-electron chi connectivity index (χ2n) is 23.1. The fourth-order valence-corrected chi connectivity index (χ4v) is 10.4. The molecule has 1 saturated heterocycles. The van der Waals surface area contributed by atoms with Gasteiger partial charge in [0.2, 0.25) is 76.8 Å². The molecule has 548 valence electrons. The first-order chi connectivity index (χ1) is 46.4. The molecule has 0 bridgehead atoms. The van der Waals surface area contributed by atoms with E-state index in [4.69, 9.17) is 40.1 Å². The Morgan fingerprint density at radius 2 is 0.969 bits per heavy atom. The maximum Gasteiger partial charge on any atom is 0.326 e. The minimum absolute atomic E-state index is 0.000529. The third kappa shape index (κ3) is 32.4. The molecule has 1 heterocycles. The number of guanidine groups is 2.